The van der Waals surface area contributed by atoms with E-state index < -0.39 is 16.1 Å². The van der Waals surface area contributed by atoms with Crippen LogP contribution in [0.2, 0.25) is 0 Å². The third-order valence-corrected chi connectivity index (χ3v) is 11.5. The van der Waals surface area contributed by atoms with Crippen molar-refractivity contribution in [3.05, 3.63) is 53.1 Å². The number of benzene rings is 2. The summed E-state index contributed by atoms with van der Waals surface area (Å²) in [6.07, 6.45) is 7.62. The van der Waals surface area contributed by atoms with Crippen LogP contribution in [0.5, 0.6) is 5.75 Å². The molecule has 9 nitrogen and oxygen atoms in total. The fourth-order valence-corrected chi connectivity index (χ4v) is 8.33. The first-order chi connectivity index (χ1) is 21.6. The maximum Gasteiger partial charge on any atom is 0.303 e. The number of para-hydroxylation sites is 1. The van der Waals surface area contributed by atoms with Crippen LogP contribution in [-0.2, 0) is 16.8 Å². The highest BCUT2D eigenvalue weighted by atomic mass is 32.2. The first-order valence-corrected chi connectivity index (χ1v) is 18.1. The van der Waals surface area contributed by atoms with Crippen molar-refractivity contribution in [1.82, 2.24) is 23.4 Å². The molecule has 0 unspecified atom stereocenters. The number of nitrogens with one attached hydrogen (secondary N) is 1. The van der Waals surface area contributed by atoms with E-state index in [1.807, 2.05) is 6.07 Å². The van der Waals surface area contributed by atoms with Crippen LogP contribution < -0.4 is 9.46 Å². The normalized spacial score (nSPS) is 22.2. The van der Waals surface area contributed by atoms with Crippen molar-refractivity contribution in [2.24, 2.45) is 5.92 Å². The second-order valence-corrected chi connectivity index (χ2v) is 15.4. The van der Waals surface area contributed by atoms with E-state index in [2.05, 4.69) is 64.4 Å². The lowest BCUT2D eigenvalue weighted by atomic mass is 9.81. The van der Waals surface area contributed by atoms with E-state index in [-0.39, 0.29) is 5.92 Å². The number of hydrogen-bond donors (Lipinski definition) is 1. The minimum Gasteiger partial charge on any atom is -0.492 e. The monoisotopic (exact) mass is 635 g/mol. The number of carbonyl (C=O) groups is 1. The maximum atomic E-state index is 13.5. The van der Waals surface area contributed by atoms with E-state index in [4.69, 9.17) is 4.74 Å². The van der Waals surface area contributed by atoms with E-state index in [1.165, 1.54) is 34.8 Å². The zero-order valence-corrected chi connectivity index (χ0v) is 28.2. The molecule has 2 aromatic carbocycles. The van der Waals surface area contributed by atoms with Crippen molar-refractivity contribution in [3.63, 3.8) is 0 Å². The number of aryl methyl sites for hydroxylation is 1. The number of ether oxygens (including phenoxy) is 1. The van der Waals surface area contributed by atoms with Crippen molar-refractivity contribution >= 4 is 27.0 Å². The van der Waals surface area contributed by atoms with Crippen LogP contribution in [0.4, 0.5) is 0 Å². The summed E-state index contributed by atoms with van der Waals surface area (Å²) in [4.78, 5) is 18.1. The van der Waals surface area contributed by atoms with Gasteiger partial charge in [-0.25, -0.2) is 4.72 Å². The summed E-state index contributed by atoms with van der Waals surface area (Å²) in [6, 6.07) is 12.2. The first-order valence-electron chi connectivity index (χ1n) is 16.7. The van der Waals surface area contributed by atoms with Gasteiger partial charge in [0.1, 0.15) is 5.75 Å². The predicted molar refractivity (Wildman–Crippen MR) is 180 cm³/mol. The van der Waals surface area contributed by atoms with Crippen LogP contribution >= 0.6 is 0 Å². The van der Waals surface area contributed by atoms with Crippen LogP contribution in [0, 0.1) is 12.8 Å². The molecule has 3 aliphatic rings. The minimum absolute atomic E-state index is 0.265. The molecule has 0 saturated heterocycles. The molecule has 1 N–H and O–H groups in total. The lowest BCUT2D eigenvalue weighted by molar-refractivity contribution is 0.0979. The molecular weight excluding hydrogens is 586 g/mol. The molecule has 1 aromatic heterocycles. The van der Waals surface area contributed by atoms with Crippen molar-refractivity contribution < 1.29 is 17.9 Å². The topological polar surface area (TPSA) is 87.1 Å². The van der Waals surface area contributed by atoms with E-state index in [1.54, 1.807) is 13.1 Å². The van der Waals surface area contributed by atoms with E-state index in [0.29, 0.717) is 31.1 Å². The van der Waals surface area contributed by atoms with Crippen LogP contribution in [0.1, 0.15) is 72.3 Å². The van der Waals surface area contributed by atoms with Crippen LogP contribution in [-0.4, -0.2) is 93.5 Å². The summed E-state index contributed by atoms with van der Waals surface area (Å²) in [5, 5.41) is 1.16. The van der Waals surface area contributed by atoms with Gasteiger partial charge in [0.2, 0.25) is 0 Å². The third kappa shape index (κ3) is 6.80. The molecule has 1 saturated carbocycles. The molecule has 0 spiro atoms. The fraction of sp³-hybridized carbons (Fsp3) is 0.571. The summed E-state index contributed by atoms with van der Waals surface area (Å²) in [5.74, 6) is 1.05. The molecule has 3 aromatic rings. The van der Waals surface area contributed by atoms with Gasteiger partial charge in [-0.1, -0.05) is 37.5 Å². The zero-order chi connectivity index (χ0) is 31.7. The summed E-state index contributed by atoms with van der Waals surface area (Å²) in [5.41, 5.74) is 6.16. The SMILES string of the molecule is Cc1cccc2c1OC[C@@H]1CCN(CCN(C)C)CCCN(C)S(=O)(=O)NC(=O)c3ccc4c(C5CCCCC5)c-2n(c4c3)C1. The maximum absolute atomic E-state index is 13.5. The highest BCUT2D eigenvalue weighted by Crippen LogP contribution is 2.48. The van der Waals surface area contributed by atoms with Crippen LogP contribution in [0.25, 0.3) is 22.2 Å². The molecule has 2 aliphatic heterocycles. The number of fused-ring (bicyclic) bond motifs is 4. The van der Waals surface area contributed by atoms with Crippen molar-refractivity contribution in [2.45, 2.75) is 64.3 Å². The Bertz CT molecular complexity index is 1640. The van der Waals surface area contributed by atoms with Gasteiger partial charge in [-0.15, -0.1) is 0 Å². The zero-order valence-electron chi connectivity index (χ0n) is 27.3. The highest BCUT2D eigenvalue weighted by molar-refractivity contribution is 7.87. The van der Waals surface area contributed by atoms with E-state index >= 15 is 0 Å². The molecule has 1 aliphatic carbocycles. The summed E-state index contributed by atoms with van der Waals surface area (Å²) >= 11 is 0. The molecule has 1 fully saturated rings. The Hall–Kier alpha value is -2.92. The average molecular weight is 636 g/mol. The van der Waals surface area contributed by atoms with Gasteiger partial charge in [0.25, 0.3) is 5.91 Å². The number of rotatable bonds is 4. The lowest BCUT2D eigenvalue weighted by Gasteiger charge is -2.30. The standard InChI is InChI=1S/C35H49N5O4S/c1-25-10-8-13-30-33-32(27-11-6-5-7-12-27)29-15-14-28-22-31(29)40(33)23-26(24-44-34(25)30)16-19-39(21-20-37(2)3)18-9-17-38(4)45(42,43)36-35(28)41/h8,10,13-15,22,26-27H,5-7,9,11-12,16-21,23-24H2,1-4H3,(H,36,41)/t26-/m1/s1. The molecule has 4 bridgehead atoms. The first kappa shape index (κ1) is 32.0. The molecule has 0 radical (unpaired) electrons. The molecular formula is C35H49N5O4S. The highest BCUT2D eigenvalue weighted by Gasteiger charge is 2.32. The number of likely N-dealkylation sites (N-methyl/N-ethyl adjacent to an activating group) is 1. The van der Waals surface area contributed by atoms with Crippen molar-refractivity contribution in [3.8, 4) is 17.0 Å². The van der Waals surface area contributed by atoms with Gasteiger partial charge in [0, 0.05) is 61.2 Å². The number of hydrogen-bond acceptors (Lipinski definition) is 6. The van der Waals surface area contributed by atoms with E-state index in [9.17, 15) is 13.2 Å². The van der Waals surface area contributed by atoms with Crippen molar-refractivity contribution in [2.75, 3.05) is 60.5 Å². The number of carbonyl (C=O) groups excluding carboxylic acids is 1. The van der Waals surface area contributed by atoms with Gasteiger partial charge < -0.3 is 19.1 Å². The number of amides is 1. The number of nitrogens with zero attached hydrogens (tertiary/aromatic N) is 4. The average Bonchev–Trinajstić information content (AvgIpc) is 3.31. The molecule has 45 heavy (non-hydrogen) atoms. The van der Waals surface area contributed by atoms with Gasteiger partial charge in [0.15, 0.2) is 0 Å². The van der Waals surface area contributed by atoms with Gasteiger partial charge in [-0.3, -0.25) is 4.79 Å². The fourth-order valence-electron chi connectivity index (χ4n) is 7.45. The molecule has 1 amide bonds. The Labute approximate surface area is 268 Å². The molecule has 6 rings (SSSR count). The molecule has 244 valence electrons. The van der Waals surface area contributed by atoms with Crippen LogP contribution in [0.3, 0.4) is 0 Å². The lowest BCUT2D eigenvalue weighted by Crippen LogP contribution is -2.43. The molecule has 1 atom stereocenters. The Morgan fingerprint density at radius 2 is 1.80 bits per heavy atom. The van der Waals surface area contributed by atoms with Crippen molar-refractivity contribution in [1.29, 1.82) is 0 Å². The minimum atomic E-state index is -3.98. The summed E-state index contributed by atoms with van der Waals surface area (Å²) in [6.45, 7) is 7.38. The molecule has 10 heteroatoms. The number of aromatic nitrogens is 1. The summed E-state index contributed by atoms with van der Waals surface area (Å²) < 4.78 is 39.2. The largest absolute Gasteiger partial charge is 0.492 e. The molecule has 3 heterocycles. The third-order valence-electron chi connectivity index (χ3n) is 10.0. The Morgan fingerprint density at radius 3 is 2.58 bits per heavy atom. The second kappa shape index (κ2) is 13.4. The van der Waals surface area contributed by atoms with Gasteiger partial charge >= 0.3 is 10.2 Å². The van der Waals surface area contributed by atoms with E-state index in [0.717, 1.165) is 79.8 Å². The Morgan fingerprint density at radius 1 is 1.00 bits per heavy atom. The smallest absolute Gasteiger partial charge is 0.303 e. The second-order valence-electron chi connectivity index (χ2n) is 13.6. The Kier molecular flexibility index (Phi) is 9.57. The summed E-state index contributed by atoms with van der Waals surface area (Å²) in [7, 11) is 1.72. The van der Waals surface area contributed by atoms with Crippen LogP contribution in [0.15, 0.2) is 36.4 Å². The van der Waals surface area contributed by atoms with Gasteiger partial charge in [-0.2, -0.15) is 12.7 Å². The van der Waals surface area contributed by atoms with Gasteiger partial charge in [0.05, 0.1) is 12.3 Å². The quantitative estimate of drug-likeness (QED) is 0.422. The predicted octanol–water partition coefficient (Wildman–Crippen LogP) is 5.24. The van der Waals surface area contributed by atoms with Gasteiger partial charge in [-0.05, 0) is 95.0 Å². The Balaban J connectivity index is 1.53.